The number of aromatic nitrogens is 2. The first-order valence-electron chi connectivity index (χ1n) is 7.83. The second kappa shape index (κ2) is 5.53. The first-order chi connectivity index (χ1) is 11.1. The Morgan fingerprint density at radius 1 is 1.09 bits per heavy atom. The summed E-state index contributed by atoms with van der Waals surface area (Å²) in [4.78, 5) is 0. The maximum Gasteiger partial charge on any atom is 0.133 e. The molecule has 0 aliphatic carbocycles. The fourth-order valence-corrected chi connectivity index (χ4v) is 3.42. The molecule has 23 heavy (non-hydrogen) atoms. The maximum absolute atomic E-state index is 4.94. The van der Waals surface area contributed by atoms with Crippen LogP contribution in [0.3, 0.4) is 0 Å². The SMILES string of the molecule is Cc1cccc(-n2nc(-c3ccc(Br)cc3)c3c2NCC3)c1C. The van der Waals surface area contributed by atoms with E-state index in [1.807, 2.05) is 0 Å². The van der Waals surface area contributed by atoms with Crippen LogP contribution in [0.15, 0.2) is 46.9 Å². The molecule has 3 aromatic rings. The number of aryl methyl sites for hydroxylation is 1. The van der Waals surface area contributed by atoms with Gasteiger partial charge >= 0.3 is 0 Å². The van der Waals surface area contributed by atoms with Crippen molar-refractivity contribution in [2.45, 2.75) is 20.3 Å². The number of benzene rings is 2. The molecule has 116 valence electrons. The number of fused-ring (bicyclic) bond motifs is 1. The molecule has 2 aromatic carbocycles. The Bertz CT molecular complexity index is 878. The Kier molecular flexibility index (Phi) is 3.49. The molecule has 2 heterocycles. The van der Waals surface area contributed by atoms with Crippen LogP contribution in [0.2, 0.25) is 0 Å². The molecule has 0 saturated heterocycles. The summed E-state index contributed by atoms with van der Waals surface area (Å²) in [5.41, 5.74) is 7.27. The van der Waals surface area contributed by atoms with E-state index in [-0.39, 0.29) is 0 Å². The molecule has 0 radical (unpaired) electrons. The van der Waals surface area contributed by atoms with Gasteiger partial charge in [0, 0.05) is 22.1 Å². The molecule has 0 atom stereocenters. The standard InChI is InChI=1S/C19H18BrN3/c1-12-4-3-5-17(13(12)2)23-19-16(10-11-21-19)18(22-23)14-6-8-15(20)9-7-14/h3-9,21H,10-11H2,1-2H3. The minimum Gasteiger partial charge on any atom is -0.369 e. The lowest BCUT2D eigenvalue weighted by molar-refractivity contribution is 0.873. The molecule has 1 aliphatic heterocycles. The number of nitrogens with zero attached hydrogens (tertiary/aromatic N) is 2. The number of anilines is 1. The van der Waals surface area contributed by atoms with Gasteiger partial charge in [0.25, 0.3) is 0 Å². The zero-order valence-electron chi connectivity index (χ0n) is 13.2. The van der Waals surface area contributed by atoms with Gasteiger partial charge in [0.05, 0.1) is 11.4 Å². The predicted octanol–water partition coefficient (Wildman–Crippen LogP) is 4.89. The van der Waals surface area contributed by atoms with Crippen molar-refractivity contribution in [2.24, 2.45) is 0 Å². The first-order valence-corrected chi connectivity index (χ1v) is 8.63. The summed E-state index contributed by atoms with van der Waals surface area (Å²) in [7, 11) is 0. The van der Waals surface area contributed by atoms with E-state index >= 15 is 0 Å². The van der Waals surface area contributed by atoms with Gasteiger partial charge in [0.2, 0.25) is 0 Å². The van der Waals surface area contributed by atoms with Crippen LogP contribution >= 0.6 is 15.9 Å². The molecule has 1 N–H and O–H groups in total. The summed E-state index contributed by atoms with van der Waals surface area (Å²) >= 11 is 3.50. The molecule has 3 nitrogen and oxygen atoms in total. The van der Waals surface area contributed by atoms with Gasteiger partial charge in [-0.25, -0.2) is 4.68 Å². The minimum atomic E-state index is 0.974. The zero-order valence-corrected chi connectivity index (χ0v) is 14.8. The first kappa shape index (κ1) is 14.5. The van der Waals surface area contributed by atoms with Gasteiger partial charge in [-0.3, -0.25) is 0 Å². The number of halogens is 1. The Balaban J connectivity index is 1.91. The average molecular weight is 368 g/mol. The molecule has 4 rings (SSSR count). The summed E-state index contributed by atoms with van der Waals surface area (Å²) in [6.07, 6.45) is 1.02. The van der Waals surface area contributed by atoms with E-state index in [2.05, 4.69) is 82.2 Å². The van der Waals surface area contributed by atoms with Crippen LogP contribution in [0.5, 0.6) is 0 Å². The summed E-state index contributed by atoms with van der Waals surface area (Å²) in [5.74, 6) is 1.14. The molecule has 0 spiro atoms. The molecular weight excluding hydrogens is 350 g/mol. The molecule has 4 heteroatoms. The van der Waals surface area contributed by atoms with Crippen molar-refractivity contribution in [3.8, 4) is 16.9 Å². The van der Waals surface area contributed by atoms with Gasteiger partial charge in [-0.15, -0.1) is 0 Å². The van der Waals surface area contributed by atoms with E-state index in [4.69, 9.17) is 5.10 Å². The van der Waals surface area contributed by atoms with E-state index < -0.39 is 0 Å². The van der Waals surface area contributed by atoms with E-state index in [9.17, 15) is 0 Å². The highest BCUT2D eigenvalue weighted by atomic mass is 79.9. The highest BCUT2D eigenvalue weighted by molar-refractivity contribution is 9.10. The lowest BCUT2D eigenvalue weighted by atomic mass is 10.1. The summed E-state index contributed by atoms with van der Waals surface area (Å²) in [6.45, 7) is 5.28. The lowest BCUT2D eigenvalue weighted by Gasteiger charge is -2.11. The molecule has 0 fully saturated rings. The van der Waals surface area contributed by atoms with Crippen LogP contribution in [-0.4, -0.2) is 16.3 Å². The second-order valence-corrected chi connectivity index (χ2v) is 6.91. The van der Waals surface area contributed by atoms with Crippen LogP contribution in [0.25, 0.3) is 16.9 Å². The molecule has 0 bridgehead atoms. The van der Waals surface area contributed by atoms with Gasteiger partial charge in [-0.2, -0.15) is 5.10 Å². The Hall–Kier alpha value is -2.07. The van der Waals surface area contributed by atoms with Gasteiger partial charge in [0.15, 0.2) is 0 Å². The number of nitrogens with one attached hydrogen (secondary N) is 1. The second-order valence-electron chi connectivity index (χ2n) is 5.99. The number of rotatable bonds is 2. The van der Waals surface area contributed by atoms with Crippen molar-refractivity contribution < 1.29 is 0 Å². The molecule has 1 aliphatic rings. The third-order valence-corrected chi connectivity index (χ3v) is 5.10. The lowest BCUT2D eigenvalue weighted by Crippen LogP contribution is -2.06. The van der Waals surface area contributed by atoms with E-state index in [0.717, 1.165) is 40.2 Å². The van der Waals surface area contributed by atoms with Gasteiger partial charge in [-0.1, -0.05) is 40.2 Å². The minimum absolute atomic E-state index is 0.974. The Morgan fingerprint density at radius 3 is 2.65 bits per heavy atom. The maximum atomic E-state index is 4.94. The zero-order chi connectivity index (χ0) is 16.0. The van der Waals surface area contributed by atoms with Crippen molar-refractivity contribution in [3.05, 3.63) is 63.6 Å². The Labute approximate surface area is 144 Å². The molecule has 0 saturated carbocycles. The molecule has 0 unspecified atom stereocenters. The third-order valence-electron chi connectivity index (χ3n) is 4.57. The quantitative estimate of drug-likeness (QED) is 0.698. The molecular formula is C19H18BrN3. The fourth-order valence-electron chi connectivity index (χ4n) is 3.15. The summed E-state index contributed by atoms with van der Waals surface area (Å²) < 4.78 is 3.16. The highest BCUT2D eigenvalue weighted by Gasteiger charge is 2.24. The van der Waals surface area contributed by atoms with E-state index in [1.165, 1.54) is 16.7 Å². The van der Waals surface area contributed by atoms with E-state index in [1.54, 1.807) is 0 Å². The van der Waals surface area contributed by atoms with Crippen LogP contribution < -0.4 is 5.32 Å². The number of hydrogen-bond acceptors (Lipinski definition) is 2. The molecule has 0 amide bonds. The smallest absolute Gasteiger partial charge is 0.133 e. The van der Waals surface area contributed by atoms with Crippen LogP contribution in [0.4, 0.5) is 5.82 Å². The van der Waals surface area contributed by atoms with Crippen molar-refractivity contribution in [3.63, 3.8) is 0 Å². The fraction of sp³-hybridized carbons (Fsp3) is 0.211. The topological polar surface area (TPSA) is 29.9 Å². The largest absolute Gasteiger partial charge is 0.369 e. The van der Waals surface area contributed by atoms with Crippen LogP contribution in [-0.2, 0) is 6.42 Å². The Morgan fingerprint density at radius 2 is 1.87 bits per heavy atom. The summed E-state index contributed by atoms with van der Waals surface area (Å²) in [5, 5.41) is 8.45. The van der Waals surface area contributed by atoms with E-state index in [0.29, 0.717) is 0 Å². The monoisotopic (exact) mass is 367 g/mol. The van der Waals surface area contributed by atoms with Gasteiger partial charge in [0.1, 0.15) is 5.82 Å². The average Bonchev–Trinajstić information content (AvgIpc) is 3.14. The number of hydrogen-bond donors (Lipinski definition) is 1. The van der Waals surface area contributed by atoms with Crippen molar-refractivity contribution in [1.29, 1.82) is 0 Å². The summed E-state index contributed by atoms with van der Waals surface area (Å²) in [6, 6.07) is 14.8. The normalized spacial score (nSPS) is 13.0. The van der Waals surface area contributed by atoms with Crippen molar-refractivity contribution in [1.82, 2.24) is 9.78 Å². The van der Waals surface area contributed by atoms with Crippen molar-refractivity contribution in [2.75, 3.05) is 11.9 Å². The van der Waals surface area contributed by atoms with Crippen LogP contribution in [0.1, 0.15) is 16.7 Å². The highest BCUT2D eigenvalue weighted by Crippen LogP contribution is 2.35. The van der Waals surface area contributed by atoms with Gasteiger partial charge < -0.3 is 5.32 Å². The molecule has 1 aromatic heterocycles. The third kappa shape index (κ3) is 2.38. The van der Waals surface area contributed by atoms with Crippen LogP contribution in [0, 0.1) is 13.8 Å². The van der Waals surface area contributed by atoms with Crippen molar-refractivity contribution >= 4 is 21.7 Å². The van der Waals surface area contributed by atoms with Gasteiger partial charge in [-0.05, 0) is 49.6 Å². The predicted molar refractivity (Wildman–Crippen MR) is 98.4 cm³/mol.